The van der Waals surface area contributed by atoms with Crippen molar-refractivity contribution in [3.8, 4) is 0 Å². The van der Waals surface area contributed by atoms with E-state index in [9.17, 15) is 4.79 Å². The Bertz CT molecular complexity index is 371. The van der Waals surface area contributed by atoms with Crippen LogP contribution in [0.15, 0.2) is 30.3 Å². The van der Waals surface area contributed by atoms with Gasteiger partial charge in [-0.25, -0.2) is 15.2 Å². The van der Waals surface area contributed by atoms with E-state index in [1.54, 1.807) is 0 Å². The van der Waals surface area contributed by atoms with Crippen molar-refractivity contribution in [2.45, 2.75) is 39.7 Å². The molecule has 0 spiro atoms. The van der Waals surface area contributed by atoms with Gasteiger partial charge in [-0.3, -0.25) is 0 Å². The van der Waals surface area contributed by atoms with Crippen LogP contribution in [0.2, 0.25) is 0 Å². The van der Waals surface area contributed by atoms with E-state index < -0.39 is 5.60 Å². The smallest absolute Gasteiger partial charge is 0.429 e. The van der Waals surface area contributed by atoms with Gasteiger partial charge in [0.2, 0.25) is 0 Å². The van der Waals surface area contributed by atoms with Crippen molar-refractivity contribution >= 4 is 11.8 Å². The Labute approximate surface area is 109 Å². The number of anilines is 1. The van der Waals surface area contributed by atoms with Crippen LogP contribution in [0.3, 0.4) is 0 Å². The first kappa shape index (κ1) is 14.5. The maximum absolute atomic E-state index is 12.1. The number of rotatable bonds is 4. The summed E-state index contributed by atoms with van der Waals surface area (Å²) in [5.74, 6) is 0. The molecule has 0 unspecified atom stereocenters. The van der Waals surface area contributed by atoms with Crippen molar-refractivity contribution in [3.63, 3.8) is 0 Å². The van der Waals surface area contributed by atoms with Crippen LogP contribution in [0, 0.1) is 0 Å². The third-order valence-electron chi connectivity index (χ3n) is 2.11. The van der Waals surface area contributed by atoms with Crippen LogP contribution in [0.4, 0.5) is 10.5 Å². The number of carbonyl (C=O) groups is 1. The number of nitrogens with zero attached hydrogens (tertiary/aromatic N) is 1. The highest BCUT2D eigenvalue weighted by atomic mass is 16.6. The number of benzene rings is 1. The lowest BCUT2D eigenvalue weighted by molar-refractivity contribution is 0.0561. The van der Waals surface area contributed by atoms with E-state index in [1.165, 1.54) is 5.01 Å². The van der Waals surface area contributed by atoms with Gasteiger partial charge < -0.3 is 4.74 Å². The molecule has 18 heavy (non-hydrogen) atoms. The van der Waals surface area contributed by atoms with Crippen molar-refractivity contribution in [1.82, 2.24) is 5.43 Å². The number of ether oxygens (including phenoxy) is 1. The molecule has 1 aromatic carbocycles. The maximum Gasteiger partial charge on any atom is 0.429 e. The zero-order valence-electron chi connectivity index (χ0n) is 11.6. The number of carbonyl (C=O) groups excluding carboxylic acids is 1. The monoisotopic (exact) mass is 250 g/mol. The lowest BCUT2D eigenvalue weighted by atomic mass is 10.2. The van der Waals surface area contributed by atoms with Crippen molar-refractivity contribution in [2.24, 2.45) is 0 Å². The molecule has 4 nitrogen and oxygen atoms in total. The molecule has 0 radical (unpaired) electrons. The SMILES string of the molecule is CCCNN(C(=O)OC(C)(C)C)c1ccccc1. The molecule has 0 aliphatic rings. The molecule has 0 saturated carbocycles. The molecule has 0 fully saturated rings. The molecule has 0 bridgehead atoms. The van der Waals surface area contributed by atoms with Crippen LogP contribution < -0.4 is 10.4 Å². The predicted octanol–water partition coefficient (Wildman–Crippen LogP) is 3.34. The standard InChI is InChI=1S/C14H22N2O2/c1-5-11-15-16(12-9-7-6-8-10-12)13(17)18-14(2,3)4/h6-10,15H,5,11H2,1-4H3. The van der Waals surface area contributed by atoms with Crippen molar-refractivity contribution in [2.75, 3.05) is 11.6 Å². The highest BCUT2D eigenvalue weighted by Crippen LogP contribution is 2.15. The van der Waals surface area contributed by atoms with Gasteiger partial charge in [-0.15, -0.1) is 0 Å². The van der Waals surface area contributed by atoms with Gasteiger partial charge in [-0.1, -0.05) is 25.1 Å². The summed E-state index contributed by atoms with van der Waals surface area (Å²) in [6.07, 6.45) is 0.550. The predicted molar refractivity (Wildman–Crippen MR) is 73.4 cm³/mol. The second kappa shape index (κ2) is 6.40. The van der Waals surface area contributed by atoms with Crippen LogP contribution in [-0.2, 0) is 4.74 Å². The molecular weight excluding hydrogens is 228 g/mol. The first-order valence-corrected chi connectivity index (χ1v) is 6.25. The van der Waals surface area contributed by atoms with Gasteiger partial charge in [0.15, 0.2) is 0 Å². The maximum atomic E-state index is 12.1. The summed E-state index contributed by atoms with van der Waals surface area (Å²) < 4.78 is 5.38. The quantitative estimate of drug-likeness (QED) is 0.833. The minimum Gasteiger partial charge on any atom is -0.442 e. The number of nitrogens with one attached hydrogen (secondary N) is 1. The average molecular weight is 250 g/mol. The Kier molecular flexibility index (Phi) is 5.16. The summed E-state index contributed by atoms with van der Waals surface area (Å²) in [7, 11) is 0. The number of hydrogen-bond donors (Lipinski definition) is 1. The molecular formula is C14H22N2O2. The van der Waals surface area contributed by atoms with Crippen molar-refractivity contribution in [1.29, 1.82) is 0 Å². The van der Waals surface area contributed by atoms with Crippen molar-refractivity contribution < 1.29 is 9.53 Å². The molecule has 0 heterocycles. The van der Waals surface area contributed by atoms with E-state index in [1.807, 2.05) is 58.0 Å². The Morgan fingerprint density at radius 3 is 2.39 bits per heavy atom. The van der Waals surface area contributed by atoms with E-state index in [0.29, 0.717) is 6.54 Å². The van der Waals surface area contributed by atoms with Crippen LogP contribution in [0.5, 0.6) is 0 Å². The fraction of sp³-hybridized carbons (Fsp3) is 0.500. The summed E-state index contributed by atoms with van der Waals surface area (Å²) >= 11 is 0. The van der Waals surface area contributed by atoms with Crippen molar-refractivity contribution in [3.05, 3.63) is 30.3 Å². The Balaban J connectivity index is 2.82. The molecule has 4 heteroatoms. The summed E-state index contributed by atoms with van der Waals surface area (Å²) in [5, 5.41) is 1.45. The third kappa shape index (κ3) is 4.75. The molecule has 1 amide bonds. The molecule has 0 aliphatic carbocycles. The van der Waals surface area contributed by atoms with Crippen LogP contribution in [-0.4, -0.2) is 18.2 Å². The first-order chi connectivity index (χ1) is 8.44. The van der Waals surface area contributed by atoms with E-state index in [0.717, 1.165) is 12.1 Å². The molecule has 1 aromatic rings. The van der Waals surface area contributed by atoms with Crippen LogP contribution in [0.1, 0.15) is 34.1 Å². The van der Waals surface area contributed by atoms with Gasteiger partial charge in [0, 0.05) is 6.54 Å². The van der Waals surface area contributed by atoms with Gasteiger partial charge in [0.05, 0.1) is 5.69 Å². The zero-order chi connectivity index (χ0) is 13.6. The normalized spacial score (nSPS) is 11.1. The Hall–Kier alpha value is -1.55. The summed E-state index contributed by atoms with van der Waals surface area (Å²) in [6.45, 7) is 8.33. The minimum absolute atomic E-state index is 0.387. The van der Waals surface area contributed by atoms with E-state index >= 15 is 0 Å². The number of hydrogen-bond acceptors (Lipinski definition) is 3. The number of amides is 1. The Morgan fingerprint density at radius 1 is 1.28 bits per heavy atom. The van der Waals surface area contributed by atoms with E-state index in [4.69, 9.17) is 4.74 Å². The van der Waals surface area contributed by atoms with Gasteiger partial charge in [-0.2, -0.15) is 0 Å². The van der Waals surface area contributed by atoms with E-state index in [-0.39, 0.29) is 6.09 Å². The number of para-hydroxylation sites is 1. The molecule has 1 N–H and O–H groups in total. The minimum atomic E-state index is -0.502. The molecule has 100 valence electrons. The largest absolute Gasteiger partial charge is 0.442 e. The molecule has 0 saturated heterocycles. The van der Waals surface area contributed by atoms with Gasteiger partial charge in [0.1, 0.15) is 5.60 Å². The zero-order valence-corrected chi connectivity index (χ0v) is 11.6. The second-order valence-electron chi connectivity index (χ2n) is 5.06. The summed E-state index contributed by atoms with van der Waals surface area (Å²) in [5.41, 5.74) is 3.34. The molecule has 0 atom stereocenters. The number of hydrazine groups is 1. The molecule has 0 aliphatic heterocycles. The topological polar surface area (TPSA) is 41.6 Å². The van der Waals surface area contributed by atoms with Gasteiger partial charge >= 0.3 is 6.09 Å². The summed E-state index contributed by atoms with van der Waals surface area (Å²) in [6, 6.07) is 9.43. The lowest BCUT2D eigenvalue weighted by Gasteiger charge is -2.27. The lowest BCUT2D eigenvalue weighted by Crippen LogP contribution is -2.46. The first-order valence-electron chi connectivity index (χ1n) is 6.25. The molecule has 1 rings (SSSR count). The Morgan fingerprint density at radius 2 is 1.89 bits per heavy atom. The molecule has 0 aromatic heterocycles. The summed E-state index contributed by atoms with van der Waals surface area (Å²) in [4.78, 5) is 12.1. The fourth-order valence-electron chi connectivity index (χ4n) is 1.37. The third-order valence-corrected chi connectivity index (χ3v) is 2.11. The van der Waals surface area contributed by atoms with Crippen LogP contribution in [0.25, 0.3) is 0 Å². The van der Waals surface area contributed by atoms with Gasteiger partial charge in [0.25, 0.3) is 0 Å². The fourth-order valence-corrected chi connectivity index (χ4v) is 1.37. The van der Waals surface area contributed by atoms with Crippen LogP contribution >= 0.6 is 0 Å². The second-order valence-corrected chi connectivity index (χ2v) is 5.06. The average Bonchev–Trinajstić information content (AvgIpc) is 2.28. The van der Waals surface area contributed by atoms with Gasteiger partial charge in [-0.05, 0) is 39.3 Å². The van der Waals surface area contributed by atoms with E-state index in [2.05, 4.69) is 5.43 Å². The highest BCUT2D eigenvalue weighted by molar-refractivity contribution is 5.86. The highest BCUT2D eigenvalue weighted by Gasteiger charge is 2.22.